The van der Waals surface area contributed by atoms with Crippen molar-refractivity contribution in [3.63, 3.8) is 0 Å². The summed E-state index contributed by atoms with van der Waals surface area (Å²) in [5.74, 6) is 1.32. The van der Waals surface area contributed by atoms with E-state index < -0.39 is 0 Å². The lowest BCUT2D eigenvalue weighted by Crippen LogP contribution is -2.36. The lowest BCUT2D eigenvalue weighted by atomic mass is 10.0. The maximum absolute atomic E-state index is 5.70. The summed E-state index contributed by atoms with van der Waals surface area (Å²) in [4.78, 5) is 18.8. The van der Waals surface area contributed by atoms with E-state index in [1.54, 1.807) is 7.11 Å². The SMILES string of the molecule is COC1CCN(c2ccc(Nc3ncc4c(n3)CN(c3cnc5c(c3C)NCCO5)CC4)cc2)CC1. The van der Waals surface area contributed by atoms with Crippen molar-refractivity contribution >= 4 is 28.7 Å². The normalized spacial score (nSPS) is 17.6. The molecule has 2 aromatic heterocycles. The second-order valence-corrected chi connectivity index (χ2v) is 9.65. The molecule has 1 saturated heterocycles. The highest BCUT2D eigenvalue weighted by Crippen LogP contribution is 2.36. The van der Waals surface area contributed by atoms with Gasteiger partial charge in [0.05, 0.1) is 30.2 Å². The zero-order valence-corrected chi connectivity index (χ0v) is 21.0. The fraction of sp³-hybridized carbons (Fsp3) is 0.444. The fourth-order valence-corrected chi connectivity index (χ4v) is 5.33. The molecule has 3 aliphatic heterocycles. The third kappa shape index (κ3) is 4.51. The number of nitrogens with zero attached hydrogens (tertiary/aromatic N) is 5. The number of nitrogens with one attached hydrogen (secondary N) is 2. The number of hydrogen-bond donors (Lipinski definition) is 2. The highest BCUT2D eigenvalue weighted by molar-refractivity contribution is 5.70. The second kappa shape index (κ2) is 9.81. The number of aromatic nitrogens is 3. The van der Waals surface area contributed by atoms with Crippen LogP contribution in [0.1, 0.15) is 29.7 Å². The average molecular weight is 488 g/mol. The third-order valence-electron chi connectivity index (χ3n) is 7.47. The maximum Gasteiger partial charge on any atom is 0.237 e. The number of ether oxygens (including phenoxy) is 2. The Bertz CT molecular complexity index is 1230. The van der Waals surface area contributed by atoms with Crippen molar-refractivity contribution in [2.24, 2.45) is 0 Å². The third-order valence-corrected chi connectivity index (χ3v) is 7.47. The van der Waals surface area contributed by atoms with E-state index in [4.69, 9.17) is 14.5 Å². The second-order valence-electron chi connectivity index (χ2n) is 9.65. The van der Waals surface area contributed by atoms with Crippen LogP contribution in [0.15, 0.2) is 36.7 Å². The van der Waals surface area contributed by atoms with Gasteiger partial charge < -0.3 is 29.9 Å². The molecule has 0 amide bonds. The van der Waals surface area contributed by atoms with Crippen LogP contribution in [0.4, 0.5) is 28.7 Å². The van der Waals surface area contributed by atoms with Gasteiger partial charge in [0.2, 0.25) is 11.8 Å². The number of methoxy groups -OCH3 is 1. The van der Waals surface area contributed by atoms with Crippen molar-refractivity contribution in [2.45, 2.75) is 38.8 Å². The summed E-state index contributed by atoms with van der Waals surface area (Å²) in [7, 11) is 1.81. The minimum atomic E-state index is 0.386. The van der Waals surface area contributed by atoms with Crippen molar-refractivity contribution in [1.29, 1.82) is 0 Å². The summed E-state index contributed by atoms with van der Waals surface area (Å²) in [6, 6.07) is 8.53. The molecular weight excluding hydrogens is 454 g/mol. The molecule has 0 atom stereocenters. The summed E-state index contributed by atoms with van der Waals surface area (Å²) >= 11 is 0. The summed E-state index contributed by atoms with van der Waals surface area (Å²) in [5, 5.41) is 6.83. The molecule has 0 saturated carbocycles. The molecule has 0 spiro atoms. The Balaban J connectivity index is 1.14. The van der Waals surface area contributed by atoms with Gasteiger partial charge in [0, 0.05) is 56.4 Å². The van der Waals surface area contributed by atoms with Crippen LogP contribution in [0.5, 0.6) is 5.88 Å². The number of anilines is 5. The van der Waals surface area contributed by atoms with Gasteiger partial charge >= 0.3 is 0 Å². The first-order valence-corrected chi connectivity index (χ1v) is 12.8. The molecule has 2 N–H and O–H groups in total. The van der Waals surface area contributed by atoms with Gasteiger partial charge in [-0.05, 0) is 56.0 Å². The predicted octanol–water partition coefficient (Wildman–Crippen LogP) is 3.91. The Kier molecular flexibility index (Phi) is 6.23. The van der Waals surface area contributed by atoms with Crippen LogP contribution in [0, 0.1) is 6.92 Å². The van der Waals surface area contributed by atoms with Crippen molar-refractivity contribution in [1.82, 2.24) is 15.0 Å². The van der Waals surface area contributed by atoms with E-state index in [9.17, 15) is 0 Å². The van der Waals surface area contributed by atoms with E-state index in [2.05, 4.69) is 61.6 Å². The fourth-order valence-electron chi connectivity index (χ4n) is 5.33. The van der Waals surface area contributed by atoms with E-state index in [1.807, 2.05) is 12.4 Å². The minimum Gasteiger partial charge on any atom is -0.474 e. The van der Waals surface area contributed by atoms with E-state index >= 15 is 0 Å². The summed E-state index contributed by atoms with van der Waals surface area (Å²) in [6.07, 6.45) is 7.32. The molecule has 6 rings (SSSR count). The Morgan fingerprint density at radius 1 is 1.06 bits per heavy atom. The van der Waals surface area contributed by atoms with E-state index in [0.717, 1.165) is 74.7 Å². The molecule has 0 bridgehead atoms. The Hall–Kier alpha value is -3.59. The minimum absolute atomic E-state index is 0.386. The zero-order chi connectivity index (χ0) is 24.5. The van der Waals surface area contributed by atoms with Crippen molar-refractivity contribution in [3.8, 4) is 5.88 Å². The van der Waals surface area contributed by atoms with E-state index in [1.165, 1.54) is 16.8 Å². The molecule has 3 aliphatic rings. The van der Waals surface area contributed by atoms with Crippen molar-refractivity contribution in [2.75, 3.05) is 60.3 Å². The Morgan fingerprint density at radius 3 is 2.69 bits per heavy atom. The van der Waals surface area contributed by atoms with Crippen LogP contribution >= 0.6 is 0 Å². The van der Waals surface area contributed by atoms with Gasteiger partial charge in [-0.3, -0.25) is 0 Å². The number of rotatable bonds is 5. The largest absolute Gasteiger partial charge is 0.474 e. The highest BCUT2D eigenvalue weighted by Gasteiger charge is 2.24. The maximum atomic E-state index is 5.70. The molecule has 1 aromatic carbocycles. The van der Waals surface area contributed by atoms with Gasteiger partial charge in [0.1, 0.15) is 12.3 Å². The van der Waals surface area contributed by atoms with Gasteiger partial charge in [-0.1, -0.05) is 0 Å². The summed E-state index contributed by atoms with van der Waals surface area (Å²) in [5.41, 5.74) is 7.78. The lowest BCUT2D eigenvalue weighted by molar-refractivity contribution is 0.0819. The van der Waals surface area contributed by atoms with Gasteiger partial charge in [-0.25, -0.2) is 15.0 Å². The van der Waals surface area contributed by atoms with Crippen molar-refractivity contribution in [3.05, 3.63) is 53.5 Å². The number of piperidine rings is 1. The number of pyridine rings is 1. The van der Waals surface area contributed by atoms with Crippen molar-refractivity contribution < 1.29 is 9.47 Å². The smallest absolute Gasteiger partial charge is 0.237 e. The molecule has 0 aliphatic carbocycles. The first-order chi connectivity index (χ1) is 17.7. The molecule has 36 heavy (non-hydrogen) atoms. The summed E-state index contributed by atoms with van der Waals surface area (Å²) in [6.45, 7) is 7.27. The first-order valence-electron chi connectivity index (χ1n) is 12.8. The topological polar surface area (TPSA) is 87.7 Å². The lowest BCUT2D eigenvalue weighted by Gasteiger charge is -2.33. The molecule has 1 fully saturated rings. The molecule has 9 heteroatoms. The average Bonchev–Trinajstić information content (AvgIpc) is 2.93. The molecule has 9 nitrogen and oxygen atoms in total. The van der Waals surface area contributed by atoms with Crippen LogP contribution in [-0.2, 0) is 17.7 Å². The number of benzene rings is 1. The number of hydrogen-bond acceptors (Lipinski definition) is 9. The van der Waals surface area contributed by atoms with Gasteiger partial charge in [-0.15, -0.1) is 0 Å². The van der Waals surface area contributed by atoms with Crippen LogP contribution in [0.3, 0.4) is 0 Å². The molecular formula is C27H33N7O2. The van der Waals surface area contributed by atoms with Gasteiger partial charge in [-0.2, -0.15) is 0 Å². The molecule has 0 unspecified atom stereocenters. The standard InChI is InChI=1S/C27H33N7O2/c1-18-24(16-29-26-25(18)28-10-14-36-26)34-11-7-19-15-30-27(32-23(19)17-34)31-20-3-5-21(6-4-20)33-12-8-22(35-2)9-13-33/h3-6,15-16,22,28H,7-14,17H2,1-2H3,(H,30,31,32). The number of fused-ring (bicyclic) bond motifs is 2. The molecule has 5 heterocycles. The van der Waals surface area contributed by atoms with Crippen LogP contribution in [0.25, 0.3) is 0 Å². The molecule has 3 aromatic rings. The Labute approximate surface area is 211 Å². The first kappa shape index (κ1) is 22.8. The summed E-state index contributed by atoms with van der Waals surface area (Å²) < 4.78 is 11.2. The van der Waals surface area contributed by atoms with E-state index in [-0.39, 0.29) is 0 Å². The zero-order valence-electron chi connectivity index (χ0n) is 21.0. The quantitative estimate of drug-likeness (QED) is 0.556. The Morgan fingerprint density at radius 2 is 1.89 bits per heavy atom. The van der Waals surface area contributed by atoms with E-state index in [0.29, 0.717) is 24.5 Å². The van der Waals surface area contributed by atoms with Crippen LogP contribution < -0.4 is 25.2 Å². The van der Waals surface area contributed by atoms with Crippen LogP contribution in [-0.4, -0.2) is 61.0 Å². The van der Waals surface area contributed by atoms with Crippen LogP contribution in [0.2, 0.25) is 0 Å². The monoisotopic (exact) mass is 487 g/mol. The van der Waals surface area contributed by atoms with Gasteiger partial charge in [0.15, 0.2) is 0 Å². The predicted molar refractivity (Wildman–Crippen MR) is 142 cm³/mol. The molecule has 188 valence electrons. The molecule has 0 radical (unpaired) electrons. The highest BCUT2D eigenvalue weighted by atomic mass is 16.5. The van der Waals surface area contributed by atoms with Gasteiger partial charge in [0.25, 0.3) is 0 Å².